The first-order chi connectivity index (χ1) is 13.2. The Kier molecular flexibility index (Phi) is 4.94. The largest absolute Gasteiger partial charge is 0.490 e. The molecule has 2 aromatic rings. The van der Waals surface area contributed by atoms with Gasteiger partial charge < -0.3 is 19.7 Å². The maximum Gasteiger partial charge on any atom is 0.256 e. The lowest BCUT2D eigenvalue weighted by Gasteiger charge is -2.26. The lowest BCUT2D eigenvalue weighted by molar-refractivity contribution is 0.102. The fraction of sp³-hybridized carbons (Fsp3) is 0.421. The number of ether oxygens (including phenoxy) is 2. The molecule has 8 nitrogen and oxygen atoms in total. The molecule has 0 atom stereocenters. The predicted molar refractivity (Wildman–Crippen MR) is 99.0 cm³/mol. The van der Waals surface area contributed by atoms with Crippen LogP contribution in [0.3, 0.4) is 0 Å². The second-order valence-corrected chi connectivity index (χ2v) is 6.66. The van der Waals surface area contributed by atoms with Gasteiger partial charge in [0.2, 0.25) is 0 Å². The summed E-state index contributed by atoms with van der Waals surface area (Å²) in [6.45, 7) is 2.51. The van der Waals surface area contributed by atoms with Crippen molar-refractivity contribution in [2.45, 2.75) is 25.4 Å². The van der Waals surface area contributed by atoms with Gasteiger partial charge in [0.25, 0.3) is 5.91 Å². The minimum absolute atomic E-state index is 0.298. The quantitative estimate of drug-likeness (QED) is 0.840. The van der Waals surface area contributed by atoms with Crippen molar-refractivity contribution in [3.8, 4) is 11.8 Å². The molecule has 1 aliphatic carbocycles. The average Bonchev–Trinajstić information content (AvgIpc) is 3.08. The van der Waals surface area contributed by atoms with E-state index in [0.717, 1.165) is 18.6 Å². The summed E-state index contributed by atoms with van der Waals surface area (Å²) in [5.41, 5.74) is 0.817. The molecule has 2 heterocycles. The minimum atomic E-state index is -0.307. The molecule has 2 aliphatic rings. The molecule has 2 fully saturated rings. The Labute approximate surface area is 157 Å². The molecule has 0 spiro atoms. The summed E-state index contributed by atoms with van der Waals surface area (Å²) < 4.78 is 11.1. The number of aromatic amines is 1. The van der Waals surface area contributed by atoms with Crippen molar-refractivity contribution in [1.29, 1.82) is 5.26 Å². The third-order valence-electron chi connectivity index (χ3n) is 4.88. The first kappa shape index (κ1) is 17.4. The molecule has 8 heteroatoms. The summed E-state index contributed by atoms with van der Waals surface area (Å²) in [5.74, 6) is 1.31. The first-order valence-electron chi connectivity index (χ1n) is 9.14. The van der Waals surface area contributed by atoms with Crippen molar-refractivity contribution in [1.82, 2.24) is 10.2 Å². The van der Waals surface area contributed by atoms with Crippen molar-refractivity contribution < 1.29 is 14.3 Å². The van der Waals surface area contributed by atoms with Gasteiger partial charge in [-0.2, -0.15) is 10.4 Å². The molecule has 140 valence electrons. The molecule has 1 aromatic heterocycles. The second-order valence-electron chi connectivity index (χ2n) is 6.66. The Morgan fingerprint density at radius 3 is 2.67 bits per heavy atom. The van der Waals surface area contributed by atoms with Crippen molar-refractivity contribution in [2.75, 3.05) is 36.5 Å². The number of anilines is 2. The van der Waals surface area contributed by atoms with Crippen LogP contribution >= 0.6 is 0 Å². The van der Waals surface area contributed by atoms with Gasteiger partial charge in [0.15, 0.2) is 5.82 Å². The monoisotopic (exact) mass is 367 g/mol. The molecular weight excluding hydrogens is 346 g/mol. The molecule has 1 saturated carbocycles. The Hall–Kier alpha value is -3.05. The van der Waals surface area contributed by atoms with E-state index in [0.29, 0.717) is 55.2 Å². The van der Waals surface area contributed by atoms with Gasteiger partial charge in [-0.1, -0.05) is 0 Å². The molecule has 1 amide bonds. The zero-order chi connectivity index (χ0) is 18.6. The fourth-order valence-electron chi connectivity index (χ4n) is 3.08. The summed E-state index contributed by atoms with van der Waals surface area (Å²) in [6, 6.07) is 9.16. The Balaban J connectivity index is 1.44. The van der Waals surface area contributed by atoms with Gasteiger partial charge in [-0.3, -0.25) is 9.89 Å². The van der Waals surface area contributed by atoms with E-state index < -0.39 is 0 Å². The zero-order valence-corrected chi connectivity index (χ0v) is 14.9. The van der Waals surface area contributed by atoms with Gasteiger partial charge in [0.1, 0.15) is 23.2 Å². The van der Waals surface area contributed by atoms with E-state index in [2.05, 4.69) is 21.6 Å². The van der Waals surface area contributed by atoms with Crippen LogP contribution in [-0.4, -0.2) is 48.5 Å². The fourth-order valence-corrected chi connectivity index (χ4v) is 3.08. The lowest BCUT2D eigenvalue weighted by atomic mass is 9.96. The molecule has 0 bridgehead atoms. The number of rotatable bonds is 5. The summed E-state index contributed by atoms with van der Waals surface area (Å²) in [6.07, 6.45) is 3.68. The normalized spacial score (nSPS) is 17.1. The summed E-state index contributed by atoms with van der Waals surface area (Å²) in [7, 11) is 0. The smallest absolute Gasteiger partial charge is 0.256 e. The Bertz CT molecular complexity index is 845. The number of benzene rings is 1. The number of hydrogen-bond donors (Lipinski definition) is 2. The van der Waals surface area contributed by atoms with E-state index in [9.17, 15) is 10.1 Å². The number of amides is 1. The van der Waals surface area contributed by atoms with Gasteiger partial charge in [0.05, 0.1) is 19.3 Å². The summed E-state index contributed by atoms with van der Waals surface area (Å²) >= 11 is 0. The highest BCUT2D eigenvalue weighted by Crippen LogP contribution is 2.27. The van der Waals surface area contributed by atoms with Crippen molar-refractivity contribution >= 4 is 17.5 Å². The third-order valence-corrected chi connectivity index (χ3v) is 4.88. The SMILES string of the molecule is N#Cc1c(N2CCOCC2)n[nH]c1NC(=O)c1ccc(OC2CCC2)cc1. The highest BCUT2D eigenvalue weighted by atomic mass is 16.5. The Morgan fingerprint density at radius 1 is 1.30 bits per heavy atom. The zero-order valence-electron chi connectivity index (χ0n) is 14.9. The molecule has 1 aromatic carbocycles. The number of nitrogens with zero attached hydrogens (tertiary/aromatic N) is 3. The van der Waals surface area contributed by atoms with Crippen LogP contribution < -0.4 is 15.0 Å². The van der Waals surface area contributed by atoms with Crippen LogP contribution in [0.5, 0.6) is 5.75 Å². The topological polar surface area (TPSA) is 103 Å². The van der Waals surface area contributed by atoms with Crippen LogP contribution in [0.25, 0.3) is 0 Å². The molecule has 0 radical (unpaired) electrons. The van der Waals surface area contributed by atoms with Crippen LogP contribution in [0.2, 0.25) is 0 Å². The van der Waals surface area contributed by atoms with Crippen LogP contribution in [0.1, 0.15) is 35.2 Å². The van der Waals surface area contributed by atoms with E-state index >= 15 is 0 Å². The van der Waals surface area contributed by atoms with Crippen LogP contribution in [0, 0.1) is 11.3 Å². The van der Waals surface area contributed by atoms with Crippen molar-refractivity contribution in [2.24, 2.45) is 0 Å². The minimum Gasteiger partial charge on any atom is -0.490 e. The highest BCUT2D eigenvalue weighted by Gasteiger charge is 2.22. The number of hydrogen-bond acceptors (Lipinski definition) is 6. The third kappa shape index (κ3) is 3.73. The first-order valence-corrected chi connectivity index (χ1v) is 9.14. The molecule has 1 aliphatic heterocycles. The number of carbonyl (C=O) groups is 1. The second kappa shape index (κ2) is 7.68. The molecule has 4 rings (SSSR count). The van der Waals surface area contributed by atoms with Crippen LogP contribution in [0.4, 0.5) is 11.6 Å². The highest BCUT2D eigenvalue weighted by molar-refractivity contribution is 6.04. The van der Waals surface area contributed by atoms with Crippen molar-refractivity contribution in [3.05, 3.63) is 35.4 Å². The number of nitrogens with one attached hydrogen (secondary N) is 2. The van der Waals surface area contributed by atoms with E-state index in [1.807, 2.05) is 4.90 Å². The van der Waals surface area contributed by atoms with Gasteiger partial charge in [-0.25, -0.2) is 0 Å². The average molecular weight is 367 g/mol. The summed E-state index contributed by atoms with van der Waals surface area (Å²) in [4.78, 5) is 14.5. The van der Waals surface area contributed by atoms with E-state index in [1.54, 1.807) is 24.3 Å². The van der Waals surface area contributed by atoms with Crippen LogP contribution in [0.15, 0.2) is 24.3 Å². The molecule has 2 N–H and O–H groups in total. The van der Waals surface area contributed by atoms with Gasteiger partial charge in [-0.15, -0.1) is 0 Å². The number of H-pyrrole nitrogens is 1. The van der Waals surface area contributed by atoms with E-state index in [1.165, 1.54) is 6.42 Å². The van der Waals surface area contributed by atoms with Crippen LogP contribution in [-0.2, 0) is 4.74 Å². The predicted octanol–water partition coefficient (Wildman–Crippen LogP) is 2.30. The maximum absolute atomic E-state index is 12.5. The number of aromatic nitrogens is 2. The molecule has 1 saturated heterocycles. The number of morpholine rings is 1. The number of nitriles is 1. The van der Waals surface area contributed by atoms with Gasteiger partial charge in [-0.05, 0) is 43.5 Å². The summed E-state index contributed by atoms with van der Waals surface area (Å²) in [5, 5.41) is 19.2. The van der Waals surface area contributed by atoms with Crippen molar-refractivity contribution in [3.63, 3.8) is 0 Å². The number of carbonyl (C=O) groups excluding carboxylic acids is 1. The van der Waals surface area contributed by atoms with E-state index in [4.69, 9.17) is 9.47 Å². The molecular formula is C19H21N5O3. The van der Waals surface area contributed by atoms with Gasteiger partial charge >= 0.3 is 0 Å². The Morgan fingerprint density at radius 2 is 2.04 bits per heavy atom. The molecule has 0 unspecified atom stereocenters. The standard InChI is InChI=1S/C19H21N5O3/c20-12-16-17(22-23-18(16)24-8-10-26-11-9-24)21-19(25)13-4-6-15(7-5-13)27-14-2-1-3-14/h4-7,14H,1-3,8-11H2,(H2,21,22,23,25). The van der Waals surface area contributed by atoms with Gasteiger partial charge in [0, 0.05) is 18.7 Å². The maximum atomic E-state index is 12.5. The lowest BCUT2D eigenvalue weighted by Crippen LogP contribution is -2.36. The van der Waals surface area contributed by atoms with E-state index in [-0.39, 0.29) is 5.91 Å². The molecule has 27 heavy (non-hydrogen) atoms.